The summed E-state index contributed by atoms with van der Waals surface area (Å²) in [5, 5.41) is 4.27. The molecular weight excluding hydrogens is 294 g/mol. The fourth-order valence-corrected chi connectivity index (χ4v) is 4.37. The van der Waals surface area contributed by atoms with Crippen molar-refractivity contribution in [2.45, 2.75) is 71.9 Å². The number of aryl methyl sites for hydroxylation is 2. The van der Waals surface area contributed by atoms with E-state index in [0.717, 1.165) is 23.1 Å². The first-order chi connectivity index (χ1) is 10.3. The second-order valence-electron chi connectivity index (χ2n) is 7.47. The predicted octanol–water partition coefficient (Wildman–Crippen LogP) is 4.13. The molecule has 2 aromatic heterocycles. The third kappa shape index (κ3) is 2.67. The van der Waals surface area contributed by atoms with Crippen LogP contribution in [0.4, 0.5) is 5.95 Å². The molecule has 2 heterocycles. The summed E-state index contributed by atoms with van der Waals surface area (Å²) < 4.78 is 1.81. The lowest BCUT2D eigenvalue weighted by molar-refractivity contribution is 0.553. The maximum absolute atomic E-state index is 13.1. The van der Waals surface area contributed by atoms with Crippen molar-refractivity contribution in [3.05, 3.63) is 20.8 Å². The normalized spacial score (nSPS) is 15.4. The molecule has 0 radical (unpaired) electrons. The number of fused-ring (bicyclic) bond motifs is 3. The lowest BCUT2D eigenvalue weighted by Gasteiger charge is -2.25. The van der Waals surface area contributed by atoms with Gasteiger partial charge >= 0.3 is 0 Å². The van der Waals surface area contributed by atoms with Gasteiger partial charge in [-0.1, -0.05) is 0 Å². The number of thiophene rings is 1. The van der Waals surface area contributed by atoms with E-state index in [1.165, 1.54) is 23.3 Å². The Hall–Kier alpha value is -1.36. The van der Waals surface area contributed by atoms with E-state index < -0.39 is 0 Å². The van der Waals surface area contributed by atoms with E-state index in [-0.39, 0.29) is 17.1 Å². The highest BCUT2D eigenvalue weighted by Crippen LogP contribution is 2.34. The summed E-state index contributed by atoms with van der Waals surface area (Å²) in [5.41, 5.74) is 1.26. The first-order valence-electron chi connectivity index (χ1n) is 8.13. The Morgan fingerprint density at radius 1 is 1.23 bits per heavy atom. The van der Waals surface area contributed by atoms with Crippen LogP contribution in [0.3, 0.4) is 0 Å². The zero-order valence-electron chi connectivity index (χ0n) is 14.1. The van der Waals surface area contributed by atoms with Gasteiger partial charge in [-0.2, -0.15) is 0 Å². The van der Waals surface area contributed by atoms with Crippen molar-refractivity contribution >= 4 is 27.5 Å². The number of hydrogen-bond donors (Lipinski definition) is 1. The monoisotopic (exact) mass is 319 g/mol. The Balaban J connectivity index is 2.28. The van der Waals surface area contributed by atoms with Crippen LogP contribution in [0.25, 0.3) is 10.2 Å². The van der Waals surface area contributed by atoms with E-state index >= 15 is 0 Å². The number of rotatable bonds is 2. The van der Waals surface area contributed by atoms with Crippen molar-refractivity contribution < 1.29 is 0 Å². The second-order valence-corrected chi connectivity index (χ2v) is 8.55. The maximum atomic E-state index is 13.1. The second kappa shape index (κ2) is 5.37. The zero-order chi connectivity index (χ0) is 16.1. The van der Waals surface area contributed by atoms with Gasteiger partial charge in [0.2, 0.25) is 5.95 Å². The molecule has 0 aliphatic heterocycles. The summed E-state index contributed by atoms with van der Waals surface area (Å²) in [6.45, 7) is 10.4. The van der Waals surface area contributed by atoms with Gasteiger partial charge in [0.05, 0.1) is 5.39 Å². The summed E-state index contributed by atoms with van der Waals surface area (Å²) in [6.07, 6.45) is 4.53. The topological polar surface area (TPSA) is 46.9 Å². The quantitative estimate of drug-likeness (QED) is 0.905. The van der Waals surface area contributed by atoms with Crippen LogP contribution in [0.5, 0.6) is 0 Å². The smallest absolute Gasteiger partial charge is 0.264 e. The molecule has 3 rings (SSSR count). The summed E-state index contributed by atoms with van der Waals surface area (Å²) in [5.74, 6) is 0.693. The number of anilines is 1. The minimum Gasteiger partial charge on any atom is -0.351 e. The van der Waals surface area contributed by atoms with Gasteiger partial charge in [0.1, 0.15) is 4.83 Å². The van der Waals surface area contributed by atoms with Gasteiger partial charge in [-0.05, 0) is 65.9 Å². The van der Waals surface area contributed by atoms with Gasteiger partial charge in [-0.25, -0.2) is 4.98 Å². The van der Waals surface area contributed by atoms with E-state index in [1.807, 2.05) is 18.4 Å². The summed E-state index contributed by atoms with van der Waals surface area (Å²) >= 11 is 1.71. The molecule has 0 spiro atoms. The zero-order valence-corrected chi connectivity index (χ0v) is 14.9. The Labute approximate surface area is 135 Å². The molecule has 1 N–H and O–H groups in total. The predicted molar refractivity (Wildman–Crippen MR) is 94.3 cm³/mol. The molecule has 0 atom stereocenters. The Morgan fingerprint density at radius 2 is 1.91 bits per heavy atom. The molecule has 0 aromatic carbocycles. The molecular formula is C17H25N3OS. The summed E-state index contributed by atoms with van der Waals surface area (Å²) in [6, 6.07) is 0.0911. The van der Waals surface area contributed by atoms with E-state index in [9.17, 15) is 4.79 Å². The molecule has 0 saturated heterocycles. The molecule has 1 aliphatic rings. The summed E-state index contributed by atoms with van der Waals surface area (Å²) in [7, 11) is 0. The van der Waals surface area contributed by atoms with Crippen molar-refractivity contribution in [3.8, 4) is 0 Å². The molecule has 0 fully saturated rings. The number of nitrogens with one attached hydrogen (secondary N) is 1. The Kier molecular flexibility index (Phi) is 3.79. The van der Waals surface area contributed by atoms with Gasteiger partial charge in [0.25, 0.3) is 5.56 Å². The van der Waals surface area contributed by atoms with Crippen molar-refractivity contribution in [3.63, 3.8) is 0 Å². The highest BCUT2D eigenvalue weighted by Gasteiger charge is 2.24. The molecule has 5 heteroatoms. The van der Waals surface area contributed by atoms with Gasteiger partial charge in [0.15, 0.2) is 0 Å². The third-order valence-electron chi connectivity index (χ3n) is 4.02. The molecule has 1 aliphatic carbocycles. The molecule has 2 aromatic rings. The Morgan fingerprint density at radius 3 is 2.55 bits per heavy atom. The molecule has 120 valence electrons. The largest absolute Gasteiger partial charge is 0.351 e. The highest BCUT2D eigenvalue weighted by atomic mass is 32.1. The minimum atomic E-state index is -0.124. The van der Waals surface area contributed by atoms with Crippen LogP contribution in [0.1, 0.15) is 63.9 Å². The minimum absolute atomic E-state index is 0.0911. The van der Waals surface area contributed by atoms with Gasteiger partial charge in [-0.3, -0.25) is 9.36 Å². The van der Waals surface area contributed by atoms with Crippen LogP contribution in [0.2, 0.25) is 0 Å². The lowest BCUT2D eigenvalue weighted by atomic mass is 9.97. The van der Waals surface area contributed by atoms with Crippen molar-refractivity contribution in [1.29, 1.82) is 0 Å². The fourth-order valence-electron chi connectivity index (χ4n) is 3.12. The van der Waals surface area contributed by atoms with E-state index in [1.54, 1.807) is 11.3 Å². The number of aromatic nitrogens is 2. The average Bonchev–Trinajstić information content (AvgIpc) is 2.74. The van der Waals surface area contributed by atoms with Crippen LogP contribution >= 0.6 is 11.3 Å². The molecule has 0 saturated carbocycles. The van der Waals surface area contributed by atoms with Crippen molar-refractivity contribution in [1.82, 2.24) is 9.55 Å². The van der Waals surface area contributed by atoms with Crippen molar-refractivity contribution in [2.75, 3.05) is 5.32 Å². The van der Waals surface area contributed by atoms with E-state index in [2.05, 4.69) is 26.1 Å². The molecule has 0 bridgehead atoms. The molecule has 0 amide bonds. The molecule has 0 unspecified atom stereocenters. The molecule has 4 nitrogen and oxygen atoms in total. The molecule has 22 heavy (non-hydrogen) atoms. The standard InChI is InChI=1S/C17H25N3OS/c1-10(2)20-15(21)13-11-8-6-7-9-12(11)22-14(13)18-16(20)19-17(3,4)5/h10H,6-9H2,1-5H3,(H,18,19). The first-order valence-corrected chi connectivity index (χ1v) is 8.94. The van der Waals surface area contributed by atoms with Crippen LogP contribution in [0.15, 0.2) is 4.79 Å². The van der Waals surface area contributed by atoms with E-state index in [4.69, 9.17) is 4.98 Å². The number of nitrogens with zero attached hydrogens (tertiary/aromatic N) is 2. The lowest BCUT2D eigenvalue weighted by Crippen LogP contribution is -2.33. The van der Waals surface area contributed by atoms with Gasteiger partial charge in [0, 0.05) is 16.5 Å². The van der Waals surface area contributed by atoms with Crippen LogP contribution in [0, 0.1) is 0 Å². The summed E-state index contributed by atoms with van der Waals surface area (Å²) in [4.78, 5) is 20.2. The van der Waals surface area contributed by atoms with Crippen LogP contribution < -0.4 is 10.9 Å². The van der Waals surface area contributed by atoms with Crippen molar-refractivity contribution in [2.24, 2.45) is 0 Å². The highest BCUT2D eigenvalue weighted by molar-refractivity contribution is 7.18. The third-order valence-corrected chi connectivity index (χ3v) is 5.21. The van der Waals surface area contributed by atoms with Crippen LogP contribution in [-0.2, 0) is 12.8 Å². The van der Waals surface area contributed by atoms with Gasteiger partial charge < -0.3 is 5.32 Å². The van der Waals surface area contributed by atoms with Crippen LogP contribution in [-0.4, -0.2) is 15.1 Å². The SMILES string of the molecule is CC(C)n1c(NC(C)(C)C)nc2sc3c(c2c1=O)CCCC3. The van der Waals surface area contributed by atoms with Gasteiger partial charge in [-0.15, -0.1) is 11.3 Å². The Bertz CT molecular complexity index is 765. The average molecular weight is 319 g/mol. The fraction of sp³-hybridized carbons (Fsp3) is 0.647. The first kappa shape index (κ1) is 15.5. The number of hydrogen-bond acceptors (Lipinski definition) is 4. The maximum Gasteiger partial charge on any atom is 0.264 e. The van der Waals surface area contributed by atoms with E-state index in [0.29, 0.717) is 5.95 Å².